The predicted molar refractivity (Wildman–Crippen MR) is 88.7 cm³/mol. The lowest BCUT2D eigenvalue weighted by molar-refractivity contribution is 0.0748. The van der Waals surface area contributed by atoms with E-state index >= 15 is 0 Å². The molecular formula is C13H23Cl2N3OS. The Morgan fingerprint density at radius 1 is 1.45 bits per heavy atom. The maximum atomic E-state index is 12.3. The fourth-order valence-electron chi connectivity index (χ4n) is 2.03. The molecular weight excluding hydrogens is 317 g/mol. The molecule has 116 valence electrons. The van der Waals surface area contributed by atoms with Crippen molar-refractivity contribution >= 4 is 42.1 Å². The van der Waals surface area contributed by atoms with Gasteiger partial charge in [-0.2, -0.15) is 0 Å². The van der Waals surface area contributed by atoms with Crippen molar-refractivity contribution in [3.63, 3.8) is 0 Å². The number of aromatic nitrogens is 1. The zero-order chi connectivity index (χ0) is 13.3. The van der Waals surface area contributed by atoms with Gasteiger partial charge in [0.2, 0.25) is 0 Å². The van der Waals surface area contributed by atoms with E-state index in [1.54, 1.807) is 6.20 Å². The molecule has 0 radical (unpaired) electrons. The van der Waals surface area contributed by atoms with Gasteiger partial charge in [-0.1, -0.05) is 20.8 Å². The Hall–Kier alpha value is -0.360. The molecule has 1 unspecified atom stereocenters. The van der Waals surface area contributed by atoms with E-state index < -0.39 is 0 Å². The summed E-state index contributed by atoms with van der Waals surface area (Å²) < 4.78 is 0. The van der Waals surface area contributed by atoms with Crippen molar-refractivity contribution in [1.82, 2.24) is 15.2 Å². The molecule has 1 aromatic heterocycles. The number of carbonyl (C=O) groups is 1. The van der Waals surface area contributed by atoms with Gasteiger partial charge >= 0.3 is 0 Å². The van der Waals surface area contributed by atoms with E-state index in [2.05, 4.69) is 31.1 Å². The molecule has 0 aliphatic carbocycles. The van der Waals surface area contributed by atoms with E-state index in [1.165, 1.54) is 11.3 Å². The molecule has 1 aliphatic rings. The van der Waals surface area contributed by atoms with Gasteiger partial charge in [0.1, 0.15) is 4.88 Å². The number of carbonyl (C=O) groups excluding carboxylic acids is 1. The molecule has 4 nitrogen and oxygen atoms in total. The highest BCUT2D eigenvalue weighted by Gasteiger charge is 2.26. The summed E-state index contributed by atoms with van der Waals surface area (Å²) in [5, 5.41) is 4.30. The Morgan fingerprint density at radius 2 is 2.10 bits per heavy atom. The van der Waals surface area contributed by atoms with Gasteiger partial charge in [-0.05, 0) is 13.0 Å². The summed E-state index contributed by atoms with van der Waals surface area (Å²) in [7, 11) is 1.89. The lowest BCUT2D eigenvalue weighted by Gasteiger charge is -2.22. The molecule has 0 saturated carbocycles. The quantitative estimate of drug-likeness (QED) is 0.900. The third-order valence-electron chi connectivity index (χ3n) is 3.26. The monoisotopic (exact) mass is 339 g/mol. The average Bonchev–Trinajstić information content (AvgIpc) is 2.96. The van der Waals surface area contributed by atoms with Gasteiger partial charge < -0.3 is 10.2 Å². The van der Waals surface area contributed by atoms with Crippen LogP contribution < -0.4 is 5.32 Å². The highest BCUT2D eigenvalue weighted by atomic mass is 35.5. The first-order valence-corrected chi connectivity index (χ1v) is 7.15. The van der Waals surface area contributed by atoms with Gasteiger partial charge in [0, 0.05) is 25.0 Å². The van der Waals surface area contributed by atoms with Gasteiger partial charge in [0.05, 0.1) is 11.2 Å². The van der Waals surface area contributed by atoms with Crippen LogP contribution in [0.5, 0.6) is 0 Å². The summed E-state index contributed by atoms with van der Waals surface area (Å²) in [6, 6.07) is 0.317. The summed E-state index contributed by atoms with van der Waals surface area (Å²) in [5.41, 5.74) is 0.0106. The number of nitrogens with zero attached hydrogens (tertiary/aromatic N) is 2. The van der Waals surface area contributed by atoms with Crippen molar-refractivity contribution in [2.45, 2.75) is 38.6 Å². The minimum atomic E-state index is 0. The molecule has 1 aromatic rings. The molecule has 1 amide bonds. The van der Waals surface area contributed by atoms with E-state index in [0.717, 1.165) is 29.4 Å². The smallest absolute Gasteiger partial charge is 0.265 e. The van der Waals surface area contributed by atoms with Crippen molar-refractivity contribution in [2.75, 3.05) is 20.1 Å². The topological polar surface area (TPSA) is 45.2 Å². The third-order valence-corrected chi connectivity index (χ3v) is 4.67. The molecule has 0 bridgehead atoms. The van der Waals surface area contributed by atoms with Crippen molar-refractivity contribution in [2.24, 2.45) is 0 Å². The summed E-state index contributed by atoms with van der Waals surface area (Å²) in [6.07, 6.45) is 2.75. The molecule has 20 heavy (non-hydrogen) atoms. The first kappa shape index (κ1) is 19.6. The fraction of sp³-hybridized carbons (Fsp3) is 0.692. The van der Waals surface area contributed by atoms with Gasteiger partial charge in [0.15, 0.2) is 0 Å². The van der Waals surface area contributed by atoms with Gasteiger partial charge in [-0.3, -0.25) is 4.79 Å². The van der Waals surface area contributed by atoms with Crippen LogP contribution in [0.1, 0.15) is 41.9 Å². The molecule has 0 spiro atoms. The predicted octanol–water partition coefficient (Wildman–Crippen LogP) is 2.72. The van der Waals surface area contributed by atoms with E-state index in [9.17, 15) is 4.79 Å². The van der Waals surface area contributed by atoms with E-state index in [4.69, 9.17) is 0 Å². The van der Waals surface area contributed by atoms with Crippen LogP contribution in [0.25, 0.3) is 0 Å². The second-order valence-electron chi connectivity index (χ2n) is 5.84. The van der Waals surface area contributed by atoms with Crippen LogP contribution in [-0.4, -0.2) is 42.0 Å². The lowest BCUT2D eigenvalue weighted by atomic mass is 9.98. The van der Waals surface area contributed by atoms with Crippen LogP contribution in [0, 0.1) is 0 Å². The van der Waals surface area contributed by atoms with Crippen LogP contribution in [0.4, 0.5) is 0 Å². The van der Waals surface area contributed by atoms with Crippen LogP contribution in [0.15, 0.2) is 6.20 Å². The van der Waals surface area contributed by atoms with Crippen molar-refractivity contribution < 1.29 is 4.79 Å². The SMILES string of the molecule is CN(C(=O)c1cnc(C(C)(C)C)s1)C1CCNC1.Cl.Cl. The van der Waals surface area contributed by atoms with Crippen LogP contribution in [0.3, 0.4) is 0 Å². The fourth-order valence-corrected chi connectivity index (χ4v) is 2.99. The Labute approximate surface area is 137 Å². The molecule has 1 aliphatic heterocycles. The Bertz CT molecular complexity index is 439. The third kappa shape index (κ3) is 4.32. The number of thiazole rings is 1. The van der Waals surface area contributed by atoms with Crippen molar-refractivity contribution in [1.29, 1.82) is 0 Å². The highest BCUT2D eigenvalue weighted by molar-refractivity contribution is 7.13. The molecule has 2 heterocycles. The maximum absolute atomic E-state index is 12.3. The average molecular weight is 340 g/mol. The summed E-state index contributed by atoms with van der Waals surface area (Å²) in [4.78, 5) is 19.3. The highest BCUT2D eigenvalue weighted by Crippen LogP contribution is 2.27. The number of halogens is 2. The van der Waals surface area contributed by atoms with Gasteiger partial charge in [-0.15, -0.1) is 36.2 Å². The van der Waals surface area contributed by atoms with Crippen molar-refractivity contribution in [3.8, 4) is 0 Å². The molecule has 2 rings (SSSR count). The molecule has 7 heteroatoms. The summed E-state index contributed by atoms with van der Waals surface area (Å²) >= 11 is 1.51. The second kappa shape index (κ2) is 7.59. The summed E-state index contributed by atoms with van der Waals surface area (Å²) in [6.45, 7) is 8.24. The van der Waals surface area contributed by atoms with Gasteiger partial charge in [0.25, 0.3) is 5.91 Å². The first-order valence-electron chi connectivity index (χ1n) is 6.34. The number of nitrogens with one attached hydrogen (secondary N) is 1. The van der Waals surface area contributed by atoms with Crippen LogP contribution in [-0.2, 0) is 5.41 Å². The normalized spacial score (nSPS) is 18.1. The van der Waals surface area contributed by atoms with Gasteiger partial charge in [-0.25, -0.2) is 4.98 Å². The molecule has 1 N–H and O–H groups in total. The zero-order valence-corrected chi connectivity index (χ0v) is 14.8. The summed E-state index contributed by atoms with van der Waals surface area (Å²) in [5.74, 6) is 0.0942. The molecule has 1 saturated heterocycles. The minimum Gasteiger partial charge on any atom is -0.337 e. The van der Waals surface area contributed by atoms with Crippen LogP contribution >= 0.6 is 36.2 Å². The minimum absolute atomic E-state index is 0. The molecule has 1 atom stereocenters. The first-order chi connectivity index (χ1) is 8.39. The molecule has 0 aromatic carbocycles. The standard InChI is InChI=1S/C13H21N3OS.2ClH/c1-13(2,3)12-15-8-10(18-12)11(17)16(4)9-5-6-14-7-9;;/h8-9,14H,5-7H2,1-4H3;2*1H. The Balaban J connectivity index is 0.00000180. The lowest BCUT2D eigenvalue weighted by Crippen LogP contribution is -2.38. The zero-order valence-electron chi connectivity index (χ0n) is 12.3. The Morgan fingerprint density at radius 3 is 2.55 bits per heavy atom. The maximum Gasteiger partial charge on any atom is 0.265 e. The number of amides is 1. The number of rotatable bonds is 2. The van der Waals surface area contributed by atoms with E-state index in [1.807, 2.05) is 11.9 Å². The van der Waals surface area contributed by atoms with E-state index in [-0.39, 0.29) is 36.1 Å². The number of hydrogen-bond donors (Lipinski definition) is 1. The molecule has 1 fully saturated rings. The second-order valence-corrected chi connectivity index (χ2v) is 6.87. The van der Waals surface area contributed by atoms with Crippen LogP contribution in [0.2, 0.25) is 0 Å². The number of likely N-dealkylation sites (N-methyl/N-ethyl adjacent to an activating group) is 1. The Kier molecular flexibility index (Phi) is 7.46. The number of hydrogen-bond acceptors (Lipinski definition) is 4. The largest absolute Gasteiger partial charge is 0.337 e. The van der Waals surface area contributed by atoms with Crippen molar-refractivity contribution in [3.05, 3.63) is 16.1 Å². The van der Waals surface area contributed by atoms with E-state index in [0.29, 0.717) is 6.04 Å².